The Kier molecular flexibility index (Phi) is 4.88. The fourth-order valence-corrected chi connectivity index (χ4v) is 3.90. The SMILES string of the molecule is c1cc(CNc2cncc(-c3ccnc4[nH]c(C5CCNCC5)cc34)n2)ccn1. The molecule has 0 amide bonds. The average Bonchev–Trinajstić information content (AvgIpc) is 3.24. The third-order valence-electron chi connectivity index (χ3n) is 5.47. The maximum Gasteiger partial charge on any atom is 0.145 e. The van der Waals surface area contributed by atoms with Crippen LogP contribution in [0.5, 0.6) is 0 Å². The zero-order valence-electron chi connectivity index (χ0n) is 16.1. The average molecular weight is 385 g/mol. The normalized spacial score (nSPS) is 14.9. The predicted molar refractivity (Wildman–Crippen MR) is 114 cm³/mol. The van der Waals surface area contributed by atoms with Crippen molar-refractivity contribution >= 4 is 16.9 Å². The van der Waals surface area contributed by atoms with Crippen LogP contribution in [0.2, 0.25) is 0 Å². The third kappa shape index (κ3) is 3.82. The number of nitrogens with one attached hydrogen (secondary N) is 3. The summed E-state index contributed by atoms with van der Waals surface area (Å²) in [7, 11) is 0. The number of piperidine rings is 1. The van der Waals surface area contributed by atoms with Gasteiger partial charge in [0.1, 0.15) is 11.5 Å². The molecule has 1 fully saturated rings. The fourth-order valence-electron chi connectivity index (χ4n) is 3.90. The van der Waals surface area contributed by atoms with Crippen molar-refractivity contribution in [3.63, 3.8) is 0 Å². The second kappa shape index (κ2) is 7.97. The van der Waals surface area contributed by atoms with Crippen LogP contribution in [-0.2, 0) is 6.54 Å². The summed E-state index contributed by atoms with van der Waals surface area (Å²) in [5.41, 5.74) is 5.21. The maximum absolute atomic E-state index is 4.79. The van der Waals surface area contributed by atoms with Gasteiger partial charge in [-0.2, -0.15) is 0 Å². The molecule has 0 spiro atoms. The van der Waals surface area contributed by atoms with Gasteiger partial charge in [0, 0.05) is 47.7 Å². The van der Waals surface area contributed by atoms with Gasteiger partial charge >= 0.3 is 0 Å². The van der Waals surface area contributed by atoms with E-state index in [0.717, 1.165) is 59.6 Å². The number of hydrogen-bond donors (Lipinski definition) is 3. The lowest BCUT2D eigenvalue weighted by Gasteiger charge is -2.21. The molecule has 0 unspecified atom stereocenters. The minimum atomic E-state index is 0.553. The lowest BCUT2D eigenvalue weighted by molar-refractivity contribution is 0.455. The minimum Gasteiger partial charge on any atom is -0.365 e. The number of aromatic nitrogens is 5. The van der Waals surface area contributed by atoms with Gasteiger partial charge in [0.25, 0.3) is 0 Å². The Labute approximate surface area is 169 Å². The molecule has 7 nitrogen and oxygen atoms in total. The quantitative estimate of drug-likeness (QED) is 0.487. The number of aromatic amines is 1. The molecule has 0 aromatic carbocycles. The van der Waals surface area contributed by atoms with E-state index in [1.54, 1.807) is 18.6 Å². The van der Waals surface area contributed by atoms with Gasteiger partial charge in [0.2, 0.25) is 0 Å². The fraction of sp³-hybridized carbons (Fsp3) is 0.273. The highest BCUT2D eigenvalue weighted by atomic mass is 15.0. The molecule has 1 saturated heterocycles. The van der Waals surface area contributed by atoms with E-state index in [-0.39, 0.29) is 0 Å². The van der Waals surface area contributed by atoms with Crippen molar-refractivity contribution in [3.8, 4) is 11.3 Å². The Morgan fingerprint density at radius 1 is 1.00 bits per heavy atom. The van der Waals surface area contributed by atoms with Crippen molar-refractivity contribution in [2.24, 2.45) is 0 Å². The molecule has 3 N–H and O–H groups in total. The molecular weight excluding hydrogens is 362 g/mol. The summed E-state index contributed by atoms with van der Waals surface area (Å²) < 4.78 is 0. The molecule has 4 aromatic rings. The lowest BCUT2D eigenvalue weighted by Crippen LogP contribution is -2.26. The van der Waals surface area contributed by atoms with E-state index in [0.29, 0.717) is 12.5 Å². The summed E-state index contributed by atoms with van der Waals surface area (Å²) in [6, 6.07) is 8.23. The predicted octanol–water partition coefficient (Wildman–Crippen LogP) is 3.49. The van der Waals surface area contributed by atoms with Crippen molar-refractivity contribution in [2.45, 2.75) is 25.3 Å². The standard InChI is InChI=1S/C22H23N7/c1-6-23-7-2-15(1)12-27-21-14-25-13-20(28-21)17-5-10-26-22-18(17)11-19(29-22)16-3-8-24-9-4-16/h1-2,5-7,10-11,13-14,16,24H,3-4,8-9,12H2,(H,26,29)(H,27,28). The topological polar surface area (TPSA) is 91.4 Å². The van der Waals surface area contributed by atoms with Crippen LogP contribution in [0.15, 0.2) is 55.2 Å². The zero-order chi connectivity index (χ0) is 19.5. The molecule has 0 bridgehead atoms. The van der Waals surface area contributed by atoms with E-state index in [2.05, 4.69) is 36.6 Å². The summed E-state index contributed by atoms with van der Waals surface area (Å²) >= 11 is 0. The van der Waals surface area contributed by atoms with Crippen molar-refractivity contribution in [1.29, 1.82) is 0 Å². The van der Waals surface area contributed by atoms with Crippen LogP contribution in [0.25, 0.3) is 22.3 Å². The van der Waals surface area contributed by atoms with Crippen molar-refractivity contribution in [2.75, 3.05) is 18.4 Å². The first-order chi connectivity index (χ1) is 14.4. The summed E-state index contributed by atoms with van der Waals surface area (Å²) in [5, 5.41) is 7.87. The number of fused-ring (bicyclic) bond motifs is 1. The molecule has 0 saturated carbocycles. The molecule has 1 aliphatic rings. The lowest BCUT2D eigenvalue weighted by atomic mass is 9.94. The van der Waals surface area contributed by atoms with Crippen LogP contribution in [0.1, 0.15) is 30.0 Å². The Bertz CT molecular complexity index is 1100. The number of hydrogen-bond acceptors (Lipinski definition) is 6. The Morgan fingerprint density at radius 2 is 1.86 bits per heavy atom. The number of pyridine rings is 2. The van der Waals surface area contributed by atoms with Gasteiger partial charge in [-0.05, 0) is 55.8 Å². The van der Waals surface area contributed by atoms with E-state index < -0.39 is 0 Å². The van der Waals surface area contributed by atoms with Crippen molar-refractivity contribution in [1.82, 2.24) is 30.2 Å². The molecule has 29 heavy (non-hydrogen) atoms. The number of rotatable bonds is 5. The Balaban J connectivity index is 1.43. The highest BCUT2D eigenvalue weighted by Gasteiger charge is 2.19. The first-order valence-electron chi connectivity index (χ1n) is 10.0. The summed E-state index contributed by atoms with van der Waals surface area (Å²) in [5.74, 6) is 1.30. The Hall–Kier alpha value is -3.32. The molecule has 7 heteroatoms. The van der Waals surface area contributed by atoms with Gasteiger partial charge in [-0.3, -0.25) is 9.97 Å². The first-order valence-corrected chi connectivity index (χ1v) is 10.0. The van der Waals surface area contributed by atoms with E-state index >= 15 is 0 Å². The van der Waals surface area contributed by atoms with E-state index in [4.69, 9.17) is 4.98 Å². The van der Waals surface area contributed by atoms with Crippen LogP contribution >= 0.6 is 0 Å². The molecule has 0 atom stereocenters. The van der Waals surface area contributed by atoms with Gasteiger partial charge in [-0.1, -0.05) is 0 Å². The van der Waals surface area contributed by atoms with Crippen molar-refractivity contribution in [3.05, 3.63) is 66.5 Å². The van der Waals surface area contributed by atoms with E-state index in [1.165, 1.54) is 5.69 Å². The number of H-pyrrole nitrogens is 1. The first kappa shape index (κ1) is 17.8. The molecule has 146 valence electrons. The van der Waals surface area contributed by atoms with Crippen LogP contribution in [-0.4, -0.2) is 38.0 Å². The smallest absolute Gasteiger partial charge is 0.145 e. The van der Waals surface area contributed by atoms with Gasteiger partial charge in [0.05, 0.1) is 18.1 Å². The largest absolute Gasteiger partial charge is 0.365 e. The highest BCUT2D eigenvalue weighted by Crippen LogP contribution is 2.32. The van der Waals surface area contributed by atoms with Gasteiger partial charge in [-0.25, -0.2) is 9.97 Å². The summed E-state index contributed by atoms with van der Waals surface area (Å²) in [4.78, 5) is 21.3. The van der Waals surface area contributed by atoms with Crippen LogP contribution in [0.4, 0.5) is 5.82 Å². The minimum absolute atomic E-state index is 0.553. The molecule has 4 aromatic heterocycles. The molecule has 1 aliphatic heterocycles. The monoisotopic (exact) mass is 385 g/mol. The number of nitrogens with zero attached hydrogens (tertiary/aromatic N) is 4. The van der Waals surface area contributed by atoms with Crippen LogP contribution in [0, 0.1) is 0 Å². The molecule has 0 aliphatic carbocycles. The third-order valence-corrected chi connectivity index (χ3v) is 5.47. The molecule has 5 heterocycles. The Morgan fingerprint density at radius 3 is 2.72 bits per heavy atom. The van der Waals surface area contributed by atoms with Gasteiger partial charge < -0.3 is 15.6 Å². The van der Waals surface area contributed by atoms with Crippen LogP contribution in [0.3, 0.4) is 0 Å². The molecular formula is C22H23N7. The van der Waals surface area contributed by atoms with E-state index in [9.17, 15) is 0 Å². The number of anilines is 1. The molecule has 0 radical (unpaired) electrons. The van der Waals surface area contributed by atoms with Gasteiger partial charge in [-0.15, -0.1) is 0 Å². The summed E-state index contributed by atoms with van der Waals surface area (Å²) in [6.45, 7) is 2.81. The molecule has 5 rings (SSSR count). The van der Waals surface area contributed by atoms with E-state index in [1.807, 2.05) is 30.6 Å². The van der Waals surface area contributed by atoms with Gasteiger partial charge in [0.15, 0.2) is 0 Å². The zero-order valence-corrected chi connectivity index (χ0v) is 16.1. The second-order valence-electron chi connectivity index (χ2n) is 7.37. The second-order valence-corrected chi connectivity index (χ2v) is 7.37. The van der Waals surface area contributed by atoms with Crippen LogP contribution < -0.4 is 10.6 Å². The van der Waals surface area contributed by atoms with Crippen molar-refractivity contribution < 1.29 is 0 Å². The maximum atomic E-state index is 4.79. The summed E-state index contributed by atoms with van der Waals surface area (Å²) in [6.07, 6.45) is 11.3. The highest BCUT2D eigenvalue weighted by molar-refractivity contribution is 5.92.